The average molecular weight is 542 g/mol. The summed E-state index contributed by atoms with van der Waals surface area (Å²) in [7, 11) is 0. The van der Waals surface area contributed by atoms with Crippen molar-refractivity contribution in [3.63, 3.8) is 0 Å². The Kier molecular flexibility index (Phi) is 7.69. The molecule has 2 aromatic carbocycles. The van der Waals surface area contributed by atoms with Gasteiger partial charge in [-0.3, -0.25) is 4.79 Å². The first kappa shape index (κ1) is 26.1. The van der Waals surface area contributed by atoms with Crippen molar-refractivity contribution in [3.05, 3.63) is 52.0 Å². The number of aliphatic carboxylic acids is 1. The van der Waals surface area contributed by atoms with Gasteiger partial charge in [0.2, 0.25) is 6.29 Å². The lowest BCUT2D eigenvalue weighted by Crippen LogP contribution is -2.61. The predicted molar refractivity (Wildman–Crippen MR) is 124 cm³/mol. The predicted octanol–water partition coefficient (Wildman–Crippen LogP) is 1.15. The van der Waals surface area contributed by atoms with Gasteiger partial charge in [-0.2, -0.15) is 0 Å². The van der Waals surface area contributed by atoms with Gasteiger partial charge in [0.15, 0.2) is 18.0 Å². The molecule has 2 aromatic rings. The summed E-state index contributed by atoms with van der Waals surface area (Å²) in [5.74, 6) is -1.58. The second-order valence-electron chi connectivity index (χ2n) is 8.16. The summed E-state index contributed by atoms with van der Waals surface area (Å²) in [5, 5.41) is 41.7. The average Bonchev–Trinajstić information content (AvgIpc) is 2.83. The summed E-state index contributed by atoms with van der Waals surface area (Å²) in [6.45, 7) is -0.335. The van der Waals surface area contributed by atoms with E-state index in [0.717, 1.165) is 0 Å². The molecule has 2 heterocycles. The minimum atomic E-state index is -1.94. The zero-order valence-corrected chi connectivity index (χ0v) is 19.8. The first-order valence-corrected chi connectivity index (χ1v) is 11.5. The molecule has 5 unspecified atom stereocenters. The Labute approximate surface area is 214 Å². The lowest BCUT2D eigenvalue weighted by molar-refractivity contribution is -0.278. The minimum absolute atomic E-state index is 0.0153. The van der Waals surface area contributed by atoms with Gasteiger partial charge < -0.3 is 40.0 Å². The number of rotatable bonds is 5. The number of Topliss-reactive ketones (excluding diaryl/α,β-unsaturated/α-hetero) is 1. The van der Waals surface area contributed by atoms with E-state index in [9.17, 15) is 29.7 Å². The van der Waals surface area contributed by atoms with Crippen molar-refractivity contribution in [2.45, 2.75) is 43.2 Å². The molecule has 1 saturated heterocycles. The Hall–Kier alpha value is -2.93. The van der Waals surface area contributed by atoms with Crippen LogP contribution in [0.25, 0.3) is 11.1 Å². The highest BCUT2D eigenvalue weighted by molar-refractivity contribution is 6.39. The molecule has 0 spiro atoms. The molecule has 0 aromatic heterocycles. The van der Waals surface area contributed by atoms with Gasteiger partial charge in [-0.15, -0.1) is 0 Å². The Balaban J connectivity index is 1.45. The van der Waals surface area contributed by atoms with Crippen LogP contribution in [0.2, 0.25) is 10.0 Å². The Morgan fingerprint density at radius 1 is 1.03 bits per heavy atom. The van der Waals surface area contributed by atoms with Crippen LogP contribution in [0, 0.1) is 0 Å². The smallest absolute Gasteiger partial charge is 0.409 e. The number of benzene rings is 2. The van der Waals surface area contributed by atoms with Gasteiger partial charge in [0.1, 0.15) is 24.1 Å². The topological polar surface area (TPSA) is 172 Å². The molecule has 6 atom stereocenters. The van der Waals surface area contributed by atoms with Crippen molar-refractivity contribution in [2.75, 3.05) is 6.54 Å². The second kappa shape index (κ2) is 10.6. The molecule has 13 heteroatoms. The molecule has 2 aliphatic rings. The van der Waals surface area contributed by atoms with Gasteiger partial charge in [0, 0.05) is 23.1 Å². The molecule has 2 aliphatic heterocycles. The number of ketones is 1. The number of hydrogen-bond donors (Lipinski definition) is 5. The SMILES string of the molecule is O=C(NC[C@@H]1Oc2c(cccc2-c2c(Cl)cccc2Cl)CC1=O)OC1OC(C(=O)O)C(O)C(O)C1O. The maximum atomic E-state index is 12.6. The van der Waals surface area contributed by atoms with Crippen molar-refractivity contribution in [3.8, 4) is 16.9 Å². The van der Waals surface area contributed by atoms with Crippen molar-refractivity contribution in [2.24, 2.45) is 0 Å². The van der Waals surface area contributed by atoms with Crippen LogP contribution in [-0.2, 0) is 25.5 Å². The number of carbonyl (C=O) groups excluding carboxylic acids is 2. The summed E-state index contributed by atoms with van der Waals surface area (Å²) in [6, 6.07) is 10.2. The molecule has 1 amide bonds. The molecule has 0 saturated carbocycles. The van der Waals surface area contributed by atoms with E-state index in [1.165, 1.54) is 0 Å². The quantitative estimate of drug-likeness (QED) is 0.369. The Bertz CT molecular complexity index is 1170. The molecule has 0 aliphatic carbocycles. The van der Waals surface area contributed by atoms with E-state index in [0.29, 0.717) is 32.5 Å². The molecule has 192 valence electrons. The fourth-order valence-corrected chi connectivity index (χ4v) is 4.55. The lowest BCUT2D eigenvalue weighted by atomic mass is 9.95. The standard InChI is InChI=1S/C23H21Cl2NO10/c24-11-5-2-6-12(25)15(11)10-4-1-3-9-7-13(27)14(34-19(9)10)8-26-23(33)36-22-18(30)16(28)17(29)20(35-22)21(31)32/h1-6,14,16-18,20,22,28-30H,7-8H2,(H,26,33)(H,31,32)/t14-,16?,17?,18?,20?,22?/m0/s1. The van der Waals surface area contributed by atoms with Crippen molar-refractivity contribution < 1.29 is 49.0 Å². The Morgan fingerprint density at radius 2 is 1.69 bits per heavy atom. The van der Waals surface area contributed by atoms with Gasteiger partial charge in [0.05, 0.1) is 16.6 Å². The van der Waals surface area contributed by atoms with E-state index in [1.54, 1.807) is 36.4 Å². The number of aliphatic hydroxyl groups excluding tert-OH is 3. The zero-order valence-electron chi connectivity index (χ0n) is 18.3. The normalized spacial score (nSPS) is 27.5. The van der Waals surface area contributed by atoms with Gasteiger partial charge in [-0.1, -0.05) is 47.5 Å². The number of carboxylic acids is 1. The maximum Gasteiger partial charge on any atom is 0.409 e. The third-order valence-electron chi connectivity index (χ3n) is 5.78. The molecular formula is C23H21Cl2NO10. The molecule has 4 rings (SSSR count). The third-order valence-corrected chi connectivity index (χ3v) is 6.41. The van der Waals surface area contributed by atoms with E-state index in [4.69, 9.17) is 42.5 Å². The number of nitrogens with one attached hydrogen (secondary N) is 1. The number of alkyl carbamates (subject to hydrolysis) is 1. The highest BCUT2D eigenvalue weighted by atomic mass is 35.5. The van der Waals surface area contributed by atoms with E-state index in [2.05, 4.69) is 5.32 Å². The van der Waals surface area contributed by atoms with E-state index >= 15 is 0 Å². The molecule has 0 bridgehead atoms. The first-order chi connectivity index (χ1) is 17.1. The molecule has 36 heavy (non-hydrogen) atoms. The van der Waals surface area contributed by atoms with E-state index < -0.39 is 48.9 Å². The maximum absolute atomic E-state index is 12.6. The molecule has 11 nitrogen and oxygen atoms in total. The number of carboxylic acid groups (broad SMARTS) is 1. The van der Waals surface area contributed by atoms with Crippen LogP contribution in [0.15, 0.2) is 36.4 Å². The minimum Gasteiger partial charge on any atom is -0.480 e. The number of para-hydroxylation sites is 1. The van der Waals surface area contributed by atoms with Crippen molar-refractivity contribution >= 4 is 41.0 Å². The number of amides is 1. The van der Waals surface area contributed by atoms with Gasteiger partial charge in [-0.05, 0) is 12.1 Å². The highest BCUT2D eigenvalue weighted by Crippen LogP contribution is 2.43. The first-order valence-electron chi connectivity index (χ1n) is 10.7. The van der Waals surface area contributed by atoms with E-state index in [-0.39, 0.29) is 18.7 Å². The van der Waals surface area contributed by atoms with Crippen LogP contribution < -0.4 is 10.1 Å². The summed E-state index contributed by atoms with van der Waals surface area (Å²) >= 11 is 12.7. The third kappa shape index (κ3) is 5.12. The molecule has 0 radical (unpaired) electrons. The second-order valence-corrected chi connectivity index (χ2v) is 8.98. The lowest BCUT2D eigenvalue weighted by Gasteiger charge is -2.37. The van der Waals surface area contributed by atoms with Gasteiger partial charge in [0.25, 0.3) is 0 Å². The van der Waals surface area contributed by atoms with Crippen LogP contribution in [0.4, 0.5) is 4.79 Å². The van der Waals surface area contributed by atoms with Crippen LogP contribution in [0.5, 0.6) is 5.75 Å². The number of halogens is 2. The fraction of sp³-hybridized carbons (Fsp3) is 0.348. The van der Waals surface area contributed by atoms with Crippen molar-refractivity contribution in [1.29, 1.82) is 0 Å². The van der Waals surface area contributed by atoms with Crippen molar-refractivity contribution in [1.82, 2.24) is 5.32 Å². The van der Waals surface area contributed by atoms with Crippen LogP contribution >= 0.6 is 23.2 Å². The number of hydrogen-bond acceptors (Lipinski definition) is 9. The zero-order chi connectivity index (χ0) is 26.1. The monoisotopic (exact) mass is 541 g/mol. The number of ether oxygens (including phenoxy) is 3. The molecule has 5 N–H and O–H groups in total. The summed E-state index contributed by atoms with van der Waals surface area (Å²) < 4.78 is 15.7. The highest BCUT2D eigenvalue weighted by Gasteiger charge is 2.48. The number of fused-ring (bicyclic) bond motifs is 1. The number of aliphatic hydroxyl groups is 3. The Morgan fingerprint density at radius 3 is 2.36 bits per heavy atom. The fourth-order valence-electron chi connectivity index (χ4n) is 3.95. The van der Waals surface area contributed by atoms with Gasteiger partial charge in [-0.25, -0.2) is 9.59 Å². The van der Waals surface area contributed by atoms with Gasteiger partial charge >= 0.3 is 12.1 Å². The summed E-state index contributed by atoms with van der Waals surface area (Å²) in [6.07, 6.45) is -11.9. The number of carbonyl (C=O) groups is 3. The summed E-state index contributed by atoms with van der Waals surface area (Å²) in [4.78, 5) is 36.1. The van der Waals surface area contributed by atoms with E-state index in [1.807, 2.05) is 0 Å². The van der Waals surface area contributed by atoms with Crippen LogP contribution in [0.1, 0.15) is 5.56 Å². The van der Waals surface area contributed by atoms with Crippen LogP contribution in [-0.4, -0.2) is 81.6 Å². The largest absolute Gasteiger partial charge is 0.480 e. The molecule has 1 fully saturated rings. The molecular weight excluding hydrogens is 521 g/mol. The summed E-state index contributed by atoms with van der Waals surface area (Å²) in [5.41, 5.74) is 1.70. The van der Waals surface area contributed by atoms with Crippen LogP contribution in [0.3, 0.4) is 0 Å².